The molecule has 1 aliphatic heterocycles. The zero-order valence-electron chi connectivity index (χ0n) is 11.2. The number of nitrogens with zero attached hydrogens (tertiary/aromatic N) is 1. The molecule has 4 atom stereocenters. The Labute approximate surface area is 101 Å². The first-order valence-corrected chi connectivity index (χ1v) is 7.18. The molecule has 0 aromatic carbocycles. The fourth-order valence-corrected chi connectivity index (χ4v) is 3.34. The predicted octanol–water partition coefficient (Wildman–Crippen LogP) is 2.49. The highest BCUT2D eigenvalue weighted by Crippen LogP contribution is 2.36. The van der Waals surface area contributed by atoms with Gasteiger partial charge in [0.25, 0.3) is 0 Å². The third kappa shape index (κ3) is 2.60. The highest BCUT2D eigenvalue weighted by Gasteiger charge is 2.38. The predicted molar refractivity (Wildman–Crippen MR) is 69.6 cm³/mol. The second-order valence-corrected chi connectivity index (χ2v) is 5.94. The Morgan fingerprint density at radius 1 is 1.12 bits per heavy atom. The van der Waals surface area contributed by atoms with Crippen LogP contribution in [0.4, 0.5) is 0 Å². The van der Waals surface area contributed by atoms with Crippen LogP contribution in [-0.4, -0.2) is 36.6 Å². The lowest BCUT2D eigenvalue weighted by Gasteiger charge is -2.50. The third-order valence-electron chi connectivity index (χ3n) is 4.63. The van der Waals surface area contributed by atoms with Gasteiger partial charge in [0.05, 0.1) is 0 Å². The van der Waals surface area contributed by atoms with Gasteiger partial charge >= 0.3 is 0 Å². The monoisotopic (exact) mass is 224 g/mol. The first-order valence-electron chi connectivity index (χ1n) is 7.18. The van der Waals surface area contributed by atoms with E-state index in [-0.39, 0.29) is 0 Å². The number of rotatable bonds is 4. The first-order chi connectivity index (χ1) is 7.72. The molecule has 2 heteroatoms. The average Bonchev–Trinajstić information content (AvgIpc) is 2.22. The third-order valence-corrected chi connectivity index (χ3v) is 4.63. The lowest BCUT2D eigenvalue weighted by Crippen LogP contribution is -2.56. The number of hydrogen-bond acceptors (Lipinski definition) is 2. The minimum atomic E-state index is 0.825. The quantitative estimate of drug-likeness (QED) is 0.789. The van der Waals surface area contributed by atoms with Crippen LogP contribution in [0.3, 0.4) is 0 Å². The van der Waals surface area contributed by atoms with Crippen LogP contribution in [0.2, 0.25) is 0 Å². The van der Waals surface area contributed by atoms with Gasteiger partial charge in [-0.2, -0.15) is 0 Å². The lowest BCUT2D eigenvalue weighted by atomic mass is 9.76. The summed E-state index contributed by atoms with van der Waals surface area (Å²) < 4.78 is 0. The molecule has 1 saturated carbocycles. The Morgan fingerprint density at radius 2 is 1.94 bits per heavy atom. The Kier molecular flexibility index (Phi) is 4.26. The molecule has 2 nitrogen and oxygen atoms in total. The number of nitrogens with one attached hydrogen (secondary N) is 1. The molecule has 0 aromatic rings. The van der Waals surface area contributed by atoms with E-state index < -0.39 is 0 Å². The highest BCUT2D eigenvalue weighted by atomic mass is 15.2. The molecule has 0 amide bonds. The average molecular weight is 224 g/mol. The van der Waals surface area contributed by atoms with Gasteiger partial charge in [0, 0.05) is 18.6 Å². The summed E-state index contributed by atoms with van der Waals surface area (Å²) in [7, 11) is 0. The van der Waals surface area contributed by atoms with Crippen LogP contribution >= 0.6 is 0 Å². The number of hydrogen-bond donors (Lipinski definition) is 1. The molecule has 1 heterocycles. The Hall–Kier alpha value is -0.0800. The van der Waals surface area contributed by atoms with Crippen molar-refractivity contribution in [1.29, 1.82) is 0 Å². The molecule has 1 aliphatic carbocycles. The van der Waals surface area contributed by atoms with Crippen LogP contribution in [0, 0.1) is 11.8 Å². The van der Waals surface area contributed by atoms with E-state index >= 15 is 0 Å². The smallest absolute Gasteiger partial charge is 0.0139 e. The molecule has 0 radical (unpaired) electrons. The first kappa shape index (κ1) is 12.4. The molecule has 1 N–H and O–H groups in total. The molecule has 4 unspecified atom stereocenters. The van der Waals surface area contributed by atoms with Crippen LogP contribution in [0.1, 0.15) is 46.5 Å². The van der Waals surface area contributed by atoms with Gasteiger partial charge in [-0.25, -0.2) is 0 Å². The SMILES string of the molecule is CCNCC1CCC1N1CC(C)CCC1C. The number of piperidine rings is 1. The summed E-state index contributed by atoms with van der Waals surface area (Å²) in [5.74, 6) is 1.84. The normalized spacial score (nSPS) is 40.7. The van der Waals surface area contributed by atoms with Crippen molar-refractivity contribution in [2.75, 3.05) is 19.6 Å². The van der Waals surface area contributed by atoms with E-state index in [1.54, 1.807) is 0 Å². The molecule has 0 spiro atoms. The second kappa shape index (κ2) is 5.50. The van der Waals surface area contributed by atoms with Gasteiger partial charge in [-0.15, -0.1) is 0 Å². The van der Waals surface area contributed by atoms with Crippen molar-refractivity contribution in [3.63, 3.8) is 0 Å². The summed E-state index contributed by atoms with van der Waals surface area (Å²) in [5.41, 5.74) is 0. The van der Waals surface area contributed by atoms with Crippen LogP contribution in [0.5, 0.6) is 0 Å². The molecule has 16 heavy (non-hydrogen) atoms. The maximum atomic E-state index is 3.52. The molecular weight excluding hydrogens is 196 g/mol. The minimum absolute atomic E-state index is 0.825. The highest BCUT2D eigenvalue weighted by molar-refractivity contribution is 4.93. The van der Waals surface area contributed by atoms with Crippen molar-refractivity contribution in [3.8, 4) is 0 Å². The van der Waals surface area contributed by atoms with Gasteiger partial charge in [0.2, 0.25) is 0 Å². The van der Waals surface area contributed by atoms with Crippen molar-refractivity contribution in [1.82, 2.24) is 10.2 Å². The van der Waals surface area contributed by atoms with Crippen molar-refractivity contribution >= 4 is 0 Å². The minimum Gasteiger partial charge on any atom is -0.317 e. The van der Waals surface area contributed by atoms with Crippen LogP contribution in [-0.2, 0) is 0 Å². The summed E-state index contributed by atoms with van der Waals surface area (Å²) >= 11 is 0. The van der Waals surface area contributed by atoms with E-state index in [2.05, 4.69) is 31.0 Å². The Bertz CT molecular complexity index is 217. The Balaban J connectivity index is 1.85. The van der Waals surface area contributed by atoms with Gasteiger partial charge < -0.3 is 5.32 Å². The van der Waals surface area contributed by atoms with E-state index in [0.29, 0.717) is 0 Å². The molecule has 2 rings (SSSR count). The largest absolute Gasteiger partial charge is 0.317 e. The summed E-state index contributed by atoms with van der Waals surface area (Å²) in [6.45, 7) is 10.7. The van der Waals surface area contributed by atoms with E-state index in [0.717, 1.165) is 30.5 Å². The summed E-state index contributed by atoms with van der Waals surface area (Å²) in [4.78, 5) is 2.81. The van der Waals surface area contributed by atoms with E-state index in [4.69, 9.17) is 0 Å². The molecular formula is C14H28N2. The standard InChI is InChI=1S/C14H28N2/c1-4-15-9-13-7-8-14(13)16-10-11(2)5-6-12(16)3/h11-15H,4-10H2,1-3H3. The molecule has 1 saturated heterocycles. The lowest BCUT2D eigenvalue weighted by molar-refractivity contribution is -0.00151. The summed E-state index contributed by atoms with van der Waals surface area (Å²) in [6.07, 6.45) is 5.72. The Morgan fingerprint density at radius 3 is 2.56 bits per heavy atom. The molecule has 2 fully saturated rings. The van der Waals surface area contributed by atoms with Gasteiger partial charge in [0.1, 0.15) is 0 Å². The van der Waals surface area contributed by atoms with Crippen molar-refractivity contribution in [2.24, 2.45) is 11.8 Å². The topological polar surface area (TPSA) is 15.3 Å². The number of likely N-dealkylation sites (tertiary alicyclic amines) is 1. The van der Waals surface area contributed by atoms with Crippen LogP contribution in [0.15, 0.2) is 0 Å². The van der Waals surface area contributed by atoms with Crippen LogP contribution in [0.25, 0.3) is 0 Å². The fourth-order valence-electron chi connectivity index (χ4n) is 3.34. The van der Waals surface area contributed by atoms with Crippen molar-refractivity contribution < 1.29 is 0 Å². The second-order valence-electron chi connectivity index (χ2n) is 5.94. The van der Waals surface area contributed by atoms with Crippen molar-refractivity contribution in [2.45, 2.75) is 58.5 Å². The van der Waals surface area contributed by atoms with E-state index in [1.165, 1.54) is 38.8 Å². The summed E-state index contributed by atoms with van der Waals surface area (Å²) in [6, 6.07) is 1.71. The van der Waals surface area contributed by atoms with Crippen molar-refractivity contribution in [3.05, 3.63) is 0 Å². The maximum Gasteiger partial charge on any atom is 0.0139 e. The maximum absolute atomic E-state index is 3.52. The zero-order valence-corrected chi connectivity index (χ0v) is 11.2. The van der Waals surface area contributed by atoms with Gasteiger partial charge in [0.15, 0.2) is 0 Å². The molecule has 94 valence electrons. The fraction of sp³-hybridized carbons (Fsp3) is 1.00. The van der Waals surface area contributed by atoms with Gasteiger partial charge in [-0.3, -0.25) is 4.90 Å². The molecule has 0 bridgehead atoms. The van der Waals surface area contributed by atoms with Gasteiger partial charge in [-0.1, -0.05) is 13.8 Å². The van der Waals surface area contributed by atoms with E-state index in [9.17, 15) is 0 Å². The van der Waals surface area contributed by atoms with Crippen LogP contribution < -0.4 is 5.32 Å². The molecule has 2 aliphatic rings. The van der Waals surface area contributed by atoms with E-state index in [1.807, 2.05) is 0 Å². The zero-order chi connectivity index (χ0) is 11.5. The molecule has 0 aromatic heterocycles. The summed E-state index contributed by atoms with van der Waals surface area (Å²) in [5, 5.41) is 3.52. The van der Waals surface area contributed by atoms with Gasteiger partial charge in [-0.05, 0) is 57.5 Å².